The lowest BCUT2D eigenvalue weighted by Crippen LogP contribution is -1.99. The van der Waals surface area contributed by atoms with Gasteiger partial charge in [0.15, 0.2) is 11.0 Å². The van der Waals surface area contributed by atoms with Crippen LogP contribution in [-0.2, 0) is 5.75 Å². The number of thioether (sulfide) groups is 1. The van der Waals surface area contributed by atoms with Gasteiger partial charge in [-0.1, -0.05) is 42.1 Å². The van der Waals surface area contributed by atoms with Crippen molar-refractivity contribution in [2.45, 2.75) is 10.9 Å². The highest BCUT2D eigenvalue weighted by atomic mass is 32.2. The molecule has 0 saturated heterocycles. The Hall–Kier alpha value is -3.43. The van der Waals surface area contributed by atoms with Crippen molar-refractivity contribution in [1.82, 2.24) is 19.7 Å². The fourth-order valence-electron chi connectivity index (χ4n) is 2.68. The van der Waals surface area contributed by atoms with Crippen molar-refractivity contribution in [3.05, 3.63) is 90.3 Å². The van der Waals surface area contributed by atoms with E-state index in [0.717, 1.165) is 33.5 Å². The monoisotopic (exact) mass is 369 g/mol. The molecular weight excluding hydrogens is 354 g/mol. The summed E-state index contributed by atoms with van der Waals surface area (Å²) in [6.45, 7) is 0. The minimum Gasteiger partial charge on any atom is -0.270 e. The molecule has 2 heterocycles. The zero-order valence-corrected chi connectivity index (χ0v) is 15.2. The molecular formula is C21H15N5S. The zero-order valence-electron chi connectivity index (χ0n) is 14.4. The van der Waals surface area contributed by atoms with Crippen LogP contribution in [0.5, 0.6) is 0 Å². The third kappa shape index (κ3) is 3.73. The van der Waals surface area contributed by atoms with Gasteiger partial charge in [0.25, 0.3) is 0 Å². The van der Waals surface area contributed by atoms with Crippen molar-refractivity contribution in [1.29, 1.82) is 5.26 Å². The van der Waals surface area contributed by atoms with Crippen LogP contribution in [0.1, 0.15) is 11.1 Å². The van der Waals surface area contributed by atoms with Crippen molar-refractivity contribution in [3.63, 3.8) is 0 Å². The molecule has 0 radical (unpaired) electrons. The molecule has 130 valence electrons. The van der Waals surface area contributed by atoms with Crippen LogP contribution in [0.4, 0.5) is 0 Å². The van der Waals surface area contributed by atoms with E-state index in [1.54, 1.807) is 24.2 Å². The van der Waals surface area contributed by atoms with Gasteiger partial charge in [-0.3, -0.25) is 9.55 Å². The van der Waals surface area contributed by atoms with E-state index < -0.39 is 0 Å². The Labute approximate surface area is 161 Å². The summed E-state index contributed by atoms with van der Waals surface area (Å²) in [6, 6.07) is 23.7. The summed E-state index contributed by atoms with van der Waals surface area (Å²) in [5, 5.41) is 18.6. The second kappa shape index (κ2) is 7.85. The van der Waals surface area contributed by atoms with Gasteiger partial charge >= 0.3 is 0 Å². The Balaban J connectivity index is 1.68. The number of nitrogens with zero attached hydrogens (tertiary/aromatic N) is 5. The molecule has 0 aliphatic heterocycles. The van der Waals surface area contributed by atoms with Gasteiger partial charge in [0.2, 0.25) is 0 Å². The second-order valence-corrected chi connectivity index (χ2v) is 6.75. The molecule has 0 N–H and O–H groups in total. The number of hydrogen-bond donors (Lipinski definition) is 0. The maximum Gasteiger partial charge on any atom is 0.196 e. The highest BCUT2D eigenvalue weighted by molar-refractivity contribution is 7.98. The molecule has 0 saturated carbocycles. The quantitative estimate of drug-likeness (QED) is 0.485. The molecule has 0 bridgehead atoms. The predicted octanol–water partition coefficient (Wildman–Crippen LogP) is 4.49. The Bertz CT molecular complexity index is 1070. The Morgan fingerprint density at radius 2 is 1.63 bits per heavy atom. The van der Waals surface area contributed by atoms with E-state index in [-0.39, 0.29) is 0 Å². The van der Waals surface area contributed by atoms with Crippen LogP contribution >= 0.6 is 11.8 Å². The van der Waals surface area contributed by atoms with Gasteiger partial charge in [-0.05, 0) is 42.0 Å². The van der Waals surface area contributed by atoms with E-state index in [2.05, 4.69) is 25.8 Å². The molecule has 0 atom stereocenters. The lowest BCUT2D eigenvalue weighted by atomic mass is 10.2. The van der Waals surface area contributed by atoms with Crippen molar-refractivity contribution in [2.75, 3.05) is 0 Å². The van der Waals surface area contributed by atoms with Crippen LogP contribution in [-0.4, -0.2) is 19.7 Å². The van der Waals surface area contributed by atoms with E-state index in [1.165, 1.54) is 0 Å². The molecule has 4 aromatic rings. The number of nitriles is 1. The molecule has 2 aromatic heterocycles. The predicted molar refractivity (Wildman–Crippen MR) is 105 cm³/mol. The van der Waals surface area contributed by atoms with Gasteiger partial charge in [0.05, 0.1) is 11.6 Å². The van der Waals surface area contributed by atoms with E-state index in [0.29, 0.717) is 5.56 Å². The Morgan fingerprint density at radius 1 is 0.889 bits per heavy atom. The maximum absolute atomic E-state index is 8.93. The number of benzene rings is 2. The van der Waals surface area contributed by atoms with Gasteiger partial charge in [0, 0.05) is 29.4 Å². The van der Waals surface area contributed by atoms with E-state index >= 15 is 0 Å². The average molecular weight is 369 g/mol. The molecule has 4 rings (SSSR count). The van der Waals surface area contributed by atoms with Crippen LogP contribution < -0.4 is 0 Å². The lowest BCUT2D eigenvalue weighted by molar-refractivity contribution is 0.886. The first-order valence-corrected chi connectivity index (χ1v) is 9.37. The fourth-order valence-corrected chi connectivity index (χ4v) is 3.59. The first-order chi connectivity index (χ1) is 13.3. The number of para-hydroxylation sites is 1. The van der Waals surface area contributed by atoms with Gasteiger partial charge in [-0.15, -0.1) is 10.2 Å². The minimum atomic E-state index is 0.663. The zero-order chi connectivity index (χ0) is 18.5. The van der Waals surface area contributed by atoms with Gasteiger partial charge in [-0.2, -0.15) is 5.26 Å². The highest BCUT2D eigenvalue weighted by Gasteiger charge is 2.16. The number of pyridine rings is 1. The third-order valence-corrected chi connectivity index (χ3v) is 5.04. The molecule has 5 nitrogen and oxygen atoms in total. The molecule has 0 unspecified atom stereocenters. The molecule has 27 heavy (non-hydrogen) atoms. The fraction of sp³-hybridized carbons (Fsp3) is 0.0476. The Kier molecular flexibility index (Phi) is 4.95. The van der Waals surface area contributed by atoms with E-state index in [9.17, 15) is 0 Å². The summed E-state index contributed by atoms with van der Waals surface area (Å²) >= 11 is 1.61. The first kappa shape index (κ1) is 17.0. The second-order valence-electron chi connectivity index (χ2n) is 5.81. The van der Waals surface area contributed by atoms with Crippen molar-refractivity contribution in [3.8, 4) is 23.1 Å². The van der Waals surface area contributed by atoms with Crippen molar-refractivity contribution < 1.29 is 0 Å². The number of rotatable bonds is 5. The van der Waals surface area contributed by atoms with Crippen LogP contribution in [0, 0.1) is 11.3 Å². The van der Waals surface area contributed by atoms with Gasteiger partial charge < -0.3 is 0 Å². The molecule has 6 heteroatoms. The van der Waals surface area contributed by atoms with Crippen LogP contribution in [0.2, 0.25) is 0 Å². The molecule has 0 fully saturated rings. The van der Waals surface area contributed by atoms with Gasteiger partial charge in [-0.25, -0.2) is 0 Å². The standard InChI is InChI=1S/C21H15N5S/c22-14-16-6-8-17(9-7-16)15-27-21-25-24-20(18-10-12-23-13-11-18)26(21)19-4-2-1-3-5-19/h1-13H,15H2. The summed E-state index contributed by atoms with van der Waals surface area (Å²) < 4.78 is 2.06. The number of hydrogen-bond acceptors (Lipinski definition) is 5. The summed E-state index contributed by atoms with van der Waals surface area (Å²) in [7, 11) is 0. The molecule has 2 aromatic carbocycles. The van der Waals surface area contributed by atoms with Crippen molar-refractivity contribution >= 4 is 11.8 Å². The summed E-state index contributed by atoms with van der Waals surface area (Å²) in [6.07, 6.45) is 3.51. The highest BCUT2D eigenvalue weighted by Crippen LogP contribution is 2.29. The molecule has 0 aliphatic rings. The van der Waals surface area contributed by atoms with Crippen LogP contribution in [0.15, 0.2) is 84.3 Å². The molecule has 0 aliphatic carbocycles. The third-order valence-electron chi connectivity index (χ3n) is 4.04. The summed E-state index contributed by atoms with van der Waals surface area (Å²) in [5.74, 6) is 1.53. The van der Waals surface area contributed by atoms with E-state index in [4.69, 9.17) is 5.26 Å². The van der Waals surface area contributed by atoms with Crippen LogP contribution in [0.25, 0.3) is 17.1 Å². The van der Waals surface area contributed by atoms with Crippen LogP contribution in [0.3, 0.4) is 0 Å². The smallest absolute Gasteiger partial charge is 0.196 e. The summed E-state index contributed by atoms with van der Waals surface area (Å²) in [5.41, 5.74) is 3.77. The van der Waals surface area contributed by atoms with Gasteiger partial charge in [0.1, 0.15) is 0 Å². The average Bonchev–Trinajstić information content (AvgIpc) is 3.18. The molecule has 0 amide bonds. The minimum absolute atomic E-state index is 0.663. The largest absolute Gasteiger partial charge is 0.270 e. The molecule has 0 spiro atoms. The normalized spacial score (nSPS) is 10.5. The van der Waals surface area contributed by atoms with E-state index in [1.807, 2.05) is 66.7 Å². The SMILES string of the molecule is N#Cc1ccc(CSc2nnc(-c3ccncc3)n2-c2ccccc2)cc1. The van der Waals surface area contributed by atoms with Crippen molar-refractivity contribution in [2.24, 2.45) is 0 Å². The maximum atomic E-state index is 8.93. The first-order valence-electron chi connectivity index (χ1n) is 8.38. The topological polar surface area (TPSA) is 67.4 Å². The number of aromatic nitrogens is 4. The Morgan fingerprint density at radius 3 is 2.33 bits per heavy atom. The summed E-state index contributed by atoms with van der Waals surface area (Å²) in [4.78, 5) is 4.08. The lowest BCUT2D eigenvalue weighted by Gasteiger charge is -2.10.